The van der Waals surface area contributed by atoms with Crippen molar-refractivity contribution in [2.24, 2.45) is 10.4 Å². The molecule has 1 aromatic rings. The molecule has 0 unspecified atom stereocenters. The van der Waals surface area contributed by atoms with E-state index in [-0.39, 0.29) is 29.4 Å². The van der Waals surface area contributed by atoms with Gasteiger partial charge in [-0.2, -0.15) is 0 Å². The van der Waals surface area contributed by atoms with Crippen LogP contribution in [0, 0.1) is 5.41 Å². The molecule has 2 fully saturated rings. The molecule has 1 aromatic carbocycles. The molecule has 2 saturated heterocycles. The lowest BCUT2D eigenvalue weighted by Gasteiger charge is -2.36. The molecule has 2 aliphatic heterocycles. The Morgan fingerprint density at radius 1 is 1.20 bits per heavy atom. The van der Waals surface area contributed by atoms with E-state index in [9.17, 15) is 0 Å². The topological polar surface area (TPSA) is 58.1 Å². The van der Waals surface area contributed by atoms with E-state index in [4.69, 9.17) is 14.5 Å². The van der Waals surface area contributed by atoms with Gasteiger partial charge in [0.2, 0.25) is 0 Å². The van der Waals surface area contributed by atoms with Gasteiger partial charge in [0, 0.05) is 44.7 Å². The Morgan fingerprint density at radius 2 is 1.93 bits per heavy atom. The van der Waals surface area contributed by atoms with E-state index in [0.29, 0.717) is 6.10 Å². The SMILES string of the molecule is CCNC(=NCC1(C)COC1)NCCCOC1CCN(Cc2ccccc2)CC1.I. The summed E-state index contributed by atoms with van der Waals surface area (Å²) in [6.45, 7) is 12.6. The maximum absolute atomic E-state index is 6.12. The summed E-state index contributed by atoms with van der Waals surface area (Å²) < 4.78 is 11.4. The lowest BCUT2D eigenvalue weighted by atomic mass is 9.89. The summed E-state index contributed by atoms with van der Waals surface area (Å²) in [5.41, 5.74) is 1.61. The molecule has 0 atom stereocenters. The largest absolute Gasteiger partial charge is 0.380 e. The zero-order valence-electron chi connectivity index (χ0n) is 18.6. The van der Waals surface area contributed by atoms with Crippen molar-refractivity contribution in [3.05, 3.63) is 35.9 Å². The second-order valence-corrected chi connectivity index (χ2v) is 8.61. The van der Waals surface area contributed by atoms with Crippen LogP contribution in [0.2, 0.25) is 0 Å². The maximum atomic E-state index is 6.12. The van der Waals surface area contributed by atoms with Gasteiger partial charge in [0.15, 0.2) is 5.96 Å². The number of nitrogens with one attached hydrogen (secondary N) is 2. The van der Waals surface area contributed by atoms with Crippen LogP contribution in [0.1, 0.15) is 38.7 Å². The van der Waals surface area contributed by atoms with Crippen LogP contribution >= 0.6 is 24.0 Å². The van der Waals surface area contributed by atoms with Gasteiger partial charge in [0.25, 0.3) is 0 Å². The number of aliphatic imine (C=N–C) groups is 1. The first kappa shape index (κ1) is 25.4. The highest BCUT2D eigenvalue weighted by molar-refractivity contribution is 14.0. The first-order chi connectivity index (χ1) is 14.2. The lowest BCUT2D eigenvalue weighted by molar-refractivity contribution is -0.0945. The Bertz CT molecular complexity index is 617. The van der Waals surface area contributed by atoms with E-state index in [1.54, 1.807) is 0 Å². The van der Waals surface area contributed by atoms with Gasteiger partial charge in [-0.3, -0.25) is 9.89 Å². The number of halogens is 1. The number of benzene rings is 1. The van der Waals surface area contributed by atoms with Gasteiger partial charge in [-0.25, -0.2) is 0 Å². The predicted octanol–water partition coefficient (Wildman–Crippen LogP) is 3.27. The van der Waals surface area contributed by atoms with Crippen molar-refractivity contribution in [1.29, 1.82) is 0 Å². The van der Waals surface area contributed by atoms with Crippen LogP contribution in [0.3, 0.4) is 0 Å². The molecule has 6 nitrogen and oxygen atoms in total. The number of ether oxygens (including phenoxy) is 2. The molecular formula is C23H39IN4O2. The molecule has 0 bridgehead atoms. The molecule has 0 aromatic heterocycles. The van der Waals surface area contributed by atoms with E-state index >= 15 is 0 Å². The second kappa shape index (κ2) is 13.5. The standard InChI is InChI=1S/C23H38N4O2.HI/c1-3-24-22(26-17-23(2)18-28-19-23)25-12-7-15-29-21-10-13-27(14-11-21)16-20-8-5-4-6-9-20;/h4-6,8-9,21H,3,7,10-19H2,1-2H3,(H2,24,25,26);1H. The summed E-state index contributed by atoms with van der Waals surface area (Å²) in [5.74, 6) is 0.898. The third-order valence-corrected chi connectivity index (χ3v) is 5.61. The van der Waals surface area contributed by atoms with E-state index in [2.05, 4.69) is 59.7 Å². The van der Waals surface area contributed by atoms with Crippen LogP contribution in [0.5, 0.6) is 0 Å². The molecule has 0 saturated carbocycles. The Labute approximate surface area is 199 Å². The van der Waals surface area contributed by atoms with Crippen molar-refractivity contribution in [3.63, 3.8) is 0 Å². The van der Waals surface area contributed by atoms with Gasteiger partial charge in [-0.1, -0.05) is 37.3 Å². The highest BCUT2D eigenvalue weighted by Gasteiger charge is 2.33. The van der Waals surface area contributed by atoms with Crippen molar-refractivity contribution >= 4 is 29.9 Å². The number of likely N-dealkylation sites (tertiary alicyclic amines) is 1. The van der Waals surface area contributed by atoms with Gasteiger partial charge in [0.1, 0.15) is 0 Å². The number of rotatable bonds is 10. The minimum atomic E-state index is 0. The fraction of sp³-hybridized carbons (Fsp3) is 0.696. The van der Waals surface area contributed by atoms with Crippen molar-refractivity contribution in [1.82, 2.24) is 15.5 Å². The Kier molecular flexibility index (Phi) is 11.4. The first-order valence-electron chi connectivity index (χ1n) is 11.1. The molecule has 2 heterocycles. The van der Waals surface area contributed by atoms with Crippen LogP contribution < -0.4 is 10.6 Å². The zero-order valence-corrected chi connectivity index (χ0v) is 20.9. The van der Waals surface area contributed by atoms with Crippen LogP contribution in [-0.2, 0) is 16.0 Å². The molecule has 7 heteroatoms. The molecule has 30 heavy (non-hydrogen) atoms. The van der Waals surface area contributed by atoms with E-state index in [1.165, 1.54) is 5.56 Å². The van der Waals surface area contributed by atoms with Gasteiger partial charge in [0.05, 0.1) is 25.9 Å². The van der Waals surface area contributed by atoms with Crippen LogP contribution in [0.4, 0.5) is 0 Å². The second-order valence-electron chi connectivity index (χ2n) is 8.61. The molecule has 0 radical (unpaired) electrons. The van der Waals surface area contributed by atoms with Gasteiger partial charge in [-0.15, -0.1) is 24.0 Å². The summed E-state index contributed by atoms with van der Waals surface area (Å²) in [6, 6.07) is 10.7. The molecule has 3 rings (SSSR count). The summed E-state index contributed by atoms with van der Waals surface area (Å²) in [4.78, 5) is 7.24. The van der Waals surface area contributed by atoms with Gasteiger partial charge < -0.3 is 20.1 Å². The van der Waals surface area contributed by atoms with Crippen LogP contribution in [0.15, 0.2) is 35.3 Å². The number of hydrogen-bond acceptors (Lipinski definition) is 4. The highest BCUT2D eigenvalue weighted by Crippen LogP contribution is 2.26. The fourth-order valence-electron chi connectivity index (χ4n) is 3.76. The monoisotopic (exact) mass is 530 g/mol. The number of guanidine groups is 1. The molecule has 0 spiro atoms. The maximum Gasteiger partial charge on any atom is 0.191 e. The number of nitrogens with zero attached hydrogens (tertiary/aromatic N) is 2. The molecule has 2 aliphatic rings. The third-order valence-electron chi connectivity index (χ3n) is 5.61. The summed E-state index contributed by atoms with van der Waals surface area (Å²) >= 11 is 0. The molecule has 2 N–H and O–H groups in total. The van der Waals surface area contributed by atoms with Crippen LogP contribution in [-0.4, -0.2) is 69.5 Å². The lowest BCUT2D eigenvalue weighted by Crippen LogP contribution is -2.44. The number of hydrogen-bond donors (Lipinski definition) is 2. The minimum Gasteiger partial charge on any atom is -0.380 e. The highest BCUT2D eigenvalue weighted by atomic mass is 127. The van der Waals surface area contributed by atoms with Crippen molar-refractivity contribution in [2.75, 3.05) is 52.5 Å². The normalized spacial score (nSPS) is 19.6. The fourth-order valence-corrected chi connectivity index (χ4v) is 3.76. The Balaban J connectivity index is 0.00000320. The average Bonchev–Trinajstić information content (AvgIpc) is 2.72. The van der Waals surface area contributed by atoms with E-state index in [0.717, 1.165) is 84.3 Å². The predicted molar refractivity (Wildman–Crippen MR) is 134 cm³/mol. The molecular weight excluding hydrogens is 491 g/mol. The Morgan fingerprint density at radius 3 is 2.57 bits per heavy atom. The number of piperidine rings is 1. The van der Waals surface area contributed by atoms with Gasteiger partial charge in [-0.05, 0) is 31.7 Å². The van der Waals surface area contributed by atoms with Gasteiger partial charge >= 0.3 is 0 Å². The molecule has 170 valence electrons. The third kappa shape index (κ3) is 8.69. The van der Waals surface area contributed by atoms with Crippen LogP contribution in [0.25, 0.3) is 0 Å². The zero-order chi connectivity index (χ0) is 20.4. The molecule has 0 aliphatic carbocycles. The smallest absolute Gasteiger partial charge is 0.191 e. The summed E-state index contributed by atoms with van der Waals surface area (Å²) in [5, 5.41) is 6.74. The first-order valence-corrected chi connectivity index (χ1v) is 11.1. The van der Waals surface area contributed by atoms with E-state index < -0.39 is 0 Å². The molecule has 0 amide bonds. The average molecular weight is 530 g/mol. The van der Waals surface area contributed by atoms with E-state index in [1.807, 2.05) is 0 Å². The van der Waals surface area contributed by atoms with Crippen molar-refractivity contribution in [2.45, 2.75) is 45.8 Å². The van der Waals surface area contributed by atoms with Crippen molar-refractivity contribution < 1.29 is 9.47 Å². The summed E-state index contributed by atoms with van der Waals surface area (Å²) in [6.07, 6.45) is 3.66. The summed E-state index contributed by atoms with van der Waals surface area (Å²) in [7, 11) is 0. The minimum absolute atomic E-state index is 0. The Hall–Kier alpha value is -0.900. The van der Waals surface area contributed by atoms with Crippen molar-refractivity contribution in [3.8, 4) is 0 Å². The quantitative estimate of drug-likeness (QED) is 0.211.